The Kier molecular flexibility index (Phi) is 3.00. The van der Waals surface area contributed by atoms with Crippen LogP contribution in [-0.2, 0) is 17.1 Å². The molecule has 0 spiro atoms. The largest absolute Gasteiger partial charge is 0.392 e. The molecule has 1 aliphatic heterocycles. The predicted molar refractivity (Wildman–Crippen MR) is 57.2 cm³/mol. The number of hydrogen-bond acceptors (Lipinski definition) is 4. The number of aliphatic hydroxyl groups is 1. The molecule has 0 amide bonds. The smallest absolute Gasteiger partial charge is 0.260 e. The predicted octanol–water partition coefficient (Wildman–Crippen LogP) is -0.435. The average molecular weight is 245 g/mol. The van der Waals surface area contributed by atoms with Gasteiger partial charge in [0.05, 0.1) is 12.3 Å². The SMILES string of the molecule is Cn1nccc1S(=O)(=O)N1CCC[C@H](O)C1. The fourth-order valence-corrected chi connectivity index (χ4v) is 3.50. The number of aryl methyl sites for hydroxylation is 1. The lowest BCUT2D eigenvalue weighted by Gasteiger charge is -2.28. The van der Waals surface area contributed by atoms with E-state index in [1.54, 1.807) is 7.05 Å². The van der Waals surface area contributed by atoms with Gasteiger partial charge in [0.15, 0.2) is 5.03 Å². The fraction of sp³-hybridized carbons (Fsp3) is 0.667. The molecular formula is C9H15N3O3S. The average Bonchev–Trinajstić information content (AvgIpc) is 2.65. The van der Waals surface area contributed by atoms with Gasteiger partial charge < -0.3 is 5.11 Å². The van der Waals surface area contributed by atoms with Gasteiger partial charge >= 0.3 is 0 Å². The second kappa shape index (κ2) is 4.15. The van der Waals surface area contributed by atoms with E-state index in [0.717, 1.165) is 0 Å². The Hall–Kier alpha value is -0.920. The first kappa shape index (κ1) is 11.6. The van der Waals surface area contributed by atoms with Crippen molar-refractivity contribution in [2.75, 3.05) is 13.1 Å². The topological polar surface area (TPSA) is 75.4 Å². The standard InChI is InChI=1S/C9H15N3O3S/c1-11-9(4-5-10-11)16(14,15)12-6-2-3-8(13)7-12/h4-5,8,13H,2-3,6-7H2,1H3/t8-/m0/s1. The summed E-state index contributed by atoms with van der Waals surface area (Å²) in [4.78, 5) is 0. The van der Waals surface area contributed by atoms with Crippen molar-refractivity contribution in [1.82, 2.24) is 14.1 Å². The van der Waals surface area contributed by atoms with Crippen molar-refractivity contribution in [3.63, 3.8) is 0 Å². The number of hydrogen-bond donors (Lipinski definition) is 1. The van der Waals surface area contributed by atoms with Crippen molar-refractivity contribution in [1.29, 1.82) is 0 Å². The van der Waals surface area contributed by atoms with E-state index in [1.165, 1.54) is 21.3 Å². The van der Waals surface area contributed by atoms with Crippen molar-refractivity contribution >= 4 is 10.0 Å². The summed E-state index contributed by atoms with van der Waals surface area (Å²) in [5, 5.41) is 13.5. The van der Waals surface area contributed by atoms with Crippen LogP contribution in [0.5, 0.6) is 0 Å². The Morgan fingerprint density at radius 2 is 2.31 bits per heavy atom. The molecule has 7 heteroatoms. The number of rotatable bonds is 2. The van der Waals surface area contributed by atoms with Crippen molar-refractivity contribution < 1.29 is 13.5 Å². The molecule has 0 aromatic carbocycles. The third-order valence-electron chi connectivity index (χ3n) is 2.74. The molecule has 2 rings (SSSR count). The van der Waals surface area contributed by atoms with Gasteiger partial charge in [-0.1, -0.05) is 0 Å². The van der Waals surface area contributed by atoms with Gasteiger partial charge in [-0.15, -0.1) is 0 Å². The first-order valence-electron chi connectivity index (χ1n) is 5.18. The second-order valence-electron chi connectivity index (χ2n) is 3.95. The zero-order valence-corrected chi connectivity index (χ0v) is 9.89. The van der Waals surface area contributed by atoms with E-state index in [9.17, 15) is 13.5 Å². The lowest BCUT2D eigenvalue weighted by Crippen LogP contribution is -2.42. The molecule has 0 unspecified atom stereocenters. The van der Waals surface area contributed by atoms with Crippen LogP contribution in [0.4, 0.5) is 0 Å². The summed E-state index contributed by atoms with van der Waals surface area (Å²) in [6, 6.07) is 1.47. The van der Waals surface area contributed by atoms with Crippen molar-refractivity contribution in [2.24, 2.45) is 7.05 Å². The minimum atomic E-state index is -3.51. The molecule has 0 radical (unpaired) electrons. The van der Waals surface area contributed by atoms with E-state index in [-0.39, 0.29) is 11.6 Å². The van der Waals surface area contributed by atoms with Gasteiger partial charge in [-0.3, -0.25) is 4.68 Å². The molecule has 1 N–H and O–H groups in total. The highest BCUT2D eigenvalue weighted by atomic mass is 32.2. The highest BCUT2D eigenvalue weighted by Gasteiger charge is 2.31. The molecule has 1 aromatic heterocycles. The maximum absolute atomic E-state index is 12.2. The van der Waals surface area contributed by atoms with E-state index >= 15 is 0 Å². The maximum atomic E-state index is 12.2. The van der Waals surface area contributed by atoms with Gasteiger partial charge in [0.1, 0.15) is 0 Å². The molecule has 90 valence electrons. The molecule has 6 nitrogen and oxygen atoms in total. The van der Waals surface area contributed by atoms with Crippen molar-refractivity contribution in [3.05, 3.63) is 12.3 Å². The van der Waals surface area contributed by atoms with Gasteiger partial charge in [-0.05, 0) is 18.9 Å². The van der Waals surface area contributed by atoms with Gasteiger partial charge in [-0.2, -0.15) is 9.40 Å². The minimum absolute atomic E-state index is 0.168. The summed E-state index contributed by atoms with van der Waals surface area (Å²) in [6.45, 7) is 0.637. The number of β-amino-alcohol motifs (C(OH)–C–C–N with tert-alkyl or cyclic N) is 1. The first-order chi connectivity index (χ1) is 7.51. The zero-order valence-electron chi connectivity index (χ0n) is 9.07. The van der Waals surface area contributed by atoms with Crippen LogP contribution in [0.3, 0.4) is 0 Å². The van der Waals surface area contributed by atoms with Gasteiger partial charge in [0, 0.05) is 20.1 Å². The summed E-state index contributed by atoms with van der Waals surface area (Å²) in [5.41, 5.74) is 0. The molecule has 0 aliphatic carbocycles. The minimum Gasteiger partial charge on any atom is -0.392 e. The second-order valence-corrected chi connectivity index (χ2v) is 5.84. The van der Waals surface area contributed by atoms with E-state index in [0.29, 0.717) is 19.4 Å². The van der Waals surface area contributed by atoms with Gasteiger partial charge in [0.2, 0.25) is 0 Å². The van der Waals surface area contributed by atoms with Crippen molar-refractivity contribution in [2.45, 2.75) is 24.0 Å². The van der Waals surface area contributed by atoms with Crippen LogP contribution in [-0.4, -0.2) is 46.8 Å². The quantitative estimate of drug-likeness (QED) is 0.767. The summed E-state index contributed by atoms with van der Waals surface area (Å²) in [6.07, 6.45) is 2.25. The zero-order chi connectivity index (χ0) is 11.8. The Morgan fingerprint density at radius 3 is 2.88 bits per heavy atom. The van der Waals surface area contributed by atoms with Crippen LogP contribution in [0, 0.1) is 0 Å². The third-order valence-corrected chi connectivity index (χ3v) is 4.68. The Labute approximate surface area is 94.5 Å². The highest BCUT2D eigenvalue weighted by molar-refractivity contribution is 7.89. The molecule has 1 atom stereocenters. The normalized spacial score (nSPS) is 23.5. The maximum Gasteiger partial charge on any atom is 0.260 e. The summed E-state index contributed by atoms with van der Waals surface area (Å²) < 4.78 is 27.0. The van der Waals surface area contributed by atoms with Crippen LogP contribution in [0.25, 0.3) is 0 Å². The number of piperidine rings is 1. The van der Waals surface area contributed by atoms with Crippen LogP contribution in [0.2, 0.25) is 0 Å². The Bertz CT molecular complexity index is 468. The first-order valence-corrected chi connectivity index (χ1v) is 6.62. The molecule has 2 heterocycles. The van der Waals surface area contributed by atoms with Gasteiger partial charge in [0.25, 0.3) is 10.0 Å². The van der Waals surface area contributed by atoms with E-state index < -0.39 is 16.1 Å². The molecule has 1 saturated heterocycles. The lowest BCUT2D eigenvalue weighted by atomic mass is 10.1. The van der Waals surface area contributed by atoms with Crippen LogP contribution >= 0.6 is 0 Å². The molecule has 0 bridgehead atoms. The fourth-order valence-electron chi connectivity index (χ4n) is 1.89. The Morgan fingerprint density at radius 1 is 1.56 bits per heavy atom. The summed E-state index contributed by atoms with van der Waals surface area (Å²) in [7, 11) is -1.92. The monoisotopic (exact) mass is 245 g/mol. The van der Waals surface area contributed by atoms with Crippen LogP contribution < -0.4 is 0 Å². The van der Waals surface area contributed by atoms with Crippen LogP contribution in [0.15, 0.2) is 17.3 Å². The number of aromatic nitrogens is 2. The van der Waals surface area contributed by atoms with Crippen molar-refractivity contribution in [3.8, 4) is 0 Å². The van der Waals surface area contributed by atoms with E-state index in [1.807, 2.05) is 0 Å². The van der Waals surface area contributed by atoms with E-state index in [2.05, 4.69) is 5.10 Å². The highest BCUT2D eigenvalue weighted by Crippen LogP contribution is 2.19. The molecule has 1 aromatic rings. The number of aliphatic hydroxyl groups excluding tert-OH is 1. The van der Waals surface area contributed by atoms with Gasteiger partial charge in [-0.25, -0.2) is 8.42 Å². The summed E-state index contributed by atoms with van der Waals surface area (Å²) in [5.74, 6) is 0. The molecule has 0 saturated carbocycles. The van der Waals surface area contributed by atoms with E-state index in [4.69, 9.17) is 0 Å². The third kappa shape index (κ3) is 1.98. The number of sulfonamides is 1. The molecular weight excluding hydrogens is 230 g/mol. The van der Waals surface area contributed by atoms with Crippen LogP contribution in [0.1, 0.15) is 12.8 Å². The number of nitrogens with zero attached hydrogens (tertiary/aromatic N) is 3. The molecule has 1 aliphatic rings. The Balaban J connectivity index is 2.29. The molecule has 1 fully saturated rings. The summed E-state index contributed by atoms with van der Waals surface area (Å²) >= 11 is 0. The molecule has 16 heavy (non-hydrogen) atoms. The lowest BCUT2D eigenvalue weighted by molar-refractivity contribution is 0.107.